The van der Waals surface area contributed by atoms with Crippen molar-refractivity contribution in [2.45, 2.75) is 23.6 Å². The van der Waals surface area contributed by atoms with Crippen molar-refractivity contribution in [1.82, 2.24) is 0 Å². The molecule has 0 radical (unpaired) electrons. The van der Waals surface area contributed by atoms with Gasteiger partial charge in [0.05, 0.1) is 9.79 Å². The SMILES string of the molecule is CN=C=O.Cc1cccc(-c2ccc(F)cc2)c1S(=O)(=O)c1c(C)cccc1-c1ccc(F)cc1. The van der Waals surface area contributed by atoms with Crippen molar-refractivity contribution in [2.75, 3.05) is 7.05 Å². The molecule has 0 saturated heterocycles. The highest BCUT2D eigenvalue weighted by Crippen LogP contribution is 2.39. The molecule has 0 aliphatic carbocycles. The summed E-state index contributed by atoms with van der Waals surface area (Å²) >= 11 is 0. The summed E-state index contributed by atoms with van der Waals surface area (Å²) in [7, 11) is -2.58. The average molecular weight is 492 g/mol. The minimum atomic E-state index is -3.97. The van der Waals surface area contributed by atoms with Crippen LogP contribution in [0.15, 0.2) is 99.7 Å². The van der Waals surface area contributed by atoms with E-state index in [-0.39, 0.29) is 9.79 Å². The van der Waals surface area contributed by atoms with E-state index in [1.165, 1.54) is 37.4 Å². The van der Waals surface area contributed by atoms with Crippen LogP contribution in [0.3, 0.4) is 0 Å². The van der Waals surface area contributed by atoms with Crippen molar-refractivity contribution >= 4 is 15.9 Å². The van der Waals surface area contributed by atoms with Crippen molar-refractivity contribution in [3.05, 3.63) is 108 Å². The summed E-state index contributed by atoms with van der Waals surface area (Å²) in [5.41, 5.74) is 3.42. The van der Waals surface area contributed by atoms with Gasteiger partial charge in [0.1, 0.15) is 11.6 Å². The van der Waals surface area contributed by atoms with Crippen LogP contribution < -0.4 is 0 Å². The van der Waals surface area contributed by atoms with Gasteiger partial charge in [0.25, 0.3) is 0 Å². The number of hydrogen-bond acceptors (Lipinski definition) is 4. The Kier molecular flexibility index (Phi) is 8.07. The van der Waals surface area contributed by atoms with Crippen molar-refractivity contribution in [3.8, 4) is 22.3 Å². The van der Waals surface area contributed by atoms with Crippen LogP contribution in [0.25, 0.3) is 22.3 Å². The number of benzene rings is 4. The Morgan fingerprint density at radius 2 is 1.00 bits per heavy atom. The molecule has 0 fully saturated rings. The van der Waals surface area contributed by atoms with Gasteiger partial charge in [-0.2, -0.15) is 0 Å². The molecule has 0 amide bonds. The van der Waals surface area contributed by atoms with E-state index in [0.717, 1.165) is 0 Å². The number of isocyanates is 1. The van der Waals surface area contributed by atoms with Crippen LogP contribution in [0.1, 0.15) is 11.1 Å². The predicted molar refractivity (Wildman–Crippen MR) is 133 cm³/mol. The quantitative estimate of drug-likeness (QED) is 0.236. The zero-order chi connectivity index (χ0) is 25.6. The summed E-state index contributed by atoms with van der Waals surface area (Å²) in [6.07, 6.45) is 1.31. The van der Waals surface area contributed by atoms with Gasteiger partial charge in [-0.3, -0.25) is 0 Å². The van der Waals surface area contributed by atoms with Crippen LogP contribution in [0.2, 0.25) is 0 Å². The molecule has 0 N–H and O–H groups in total. The lowest BCUT2D eigenvalue weighted by Crippen LogP contribution is -2.10. The number of halogens is 2. The highest BCUT2D eigenvalue weighted by molar-refractivity contribution is 7.92. The first-order valence-electron chi connectivity index (χ1n) is 10.6. The van der Waals surface area contributed by atoms with Gasteiger partial charge in [-0.15, -0.1) is 0 Å². The number of rotatable bonds is 4. The minimum absolute atomic E-state index is 0.180. The Labute approximate surface area is 203 Å². The highest BCUT2D eigenvalue weighted by atomic mass is 32.2. The molecular weight excluding hydrogens is 468 g/mol. The average Bonchev–Trinajstić information content (AvgIpc) is 2.84. The first kappa shape index (κ1) is 25.7. The molecule has 4 rings (SSSR count). The maximum Gasteiger partial charge on any atom is 0.234 e. The summed E-state index contributed by atoms with van der Waals surface area (Å²) in [5.74, 6) is -0.781. The maximum absolute atomic E-state index is 14.0. The van der Waals surface area contributed by atoms with Gasteiger partial charge < -0.3 is 0 Å². The van der Waals surface area contributed by atoms with E-state index in [4.69, 9.17) is 4.79 Å². The van der Waals surface area contributed by atoms with Crippen LogP contribution in [0.5, 0.6) is 0 Å². The Morgan fingerprint density at radius 3 is 1.31 bits per heavy atom. The monoisotopic (exact) mass is 491 g/mol. The number of aliphatic imine (C=N–C) groups is 1. The molecule has 4 nitrogen and oxygen atoms in total. The van der Waals surface area contributed by atoms with Crippen molar-refractivity contribution < 1.29 is 22.0 Å². The Balaban J connectivity index is 0.000000795. The van der Waals surface area contributed by atoms with Gasteiger partial charge in [0.2, 0.25) is 15.9 Å². The smallest absolute Gasteiger partial charge is 0.218 e. The second-order valence-corrected chi connectivity index (χ2v) is 9.56. The normalized spacial score (nSPS) is 10.7. The largest absolute Gasteiger partial charge is 0.234 e. The second kappa shape index (κ2) is 11.0. The second-order valence-electron chi connectivity index (χ2n) is 7.74. The molecule has 178 valence electrons. The van der Waals surface area contributed by atoms with Crippen LogP contribution in [-0.2, 0) is 14.6 Å². The molecule has 0 aliphatic heterocycles. The van der Waals surface area contributed by atoms with Gasteiger partial charge in [-0.25, -0.2) is 27.0 Å². The summed E-state index contributed by atoms with van der Waals surface area (Å²) in [6.45, 7) is 3.49. The van der Waals surface area contributed by atoms with Gasteiger partial charge in [-0.05, 0) is 60.4 Å². The molecule has 0 heterocycles. The fraction of sp³-hybridized carbons (Fsp3) is 0.107. The lowest BCUT2D eigenvalue weighted by atomic mass is 10.0. The molecule has 0 aliphatic rings. The van der Waals surface area contributed by atoms with Crippen LogP contribution in [0.4, 0.5) is 8.78 Å². The van der Waals surface area contributed by atoms with E-state index in [1.54, 1.807) is 74.5 Å². The lowest BCUT2D eigenvalue weighted by Gasteiger charge is -2.18. The molecule has 0 unspecified atom stereocenters. The number of aryl methyl sites for hydroxylation is 2. The van der Waals surface area contributed by atoms with Crippen molar-refractivity contribution in [1.29, 1.82) is 0 Å². The lowest BCUT2D eigenvalue weighted by molar-refractivity contribution is 0.564. The molecule has 4 aromatic rings. The molecule has 4 aromatic carbocycles. The van der Waals surface area contributed by atoms with E-state index in [2.05, 4.69) is 4.99 Å². The summed E-state index contributed by atoms with van der Waals surface area (Å²) in [4.78, 5) is 12.2. The van der Waals surface area contributed by atoms with E-state index in [0.29, 0.717) is 33.4 Å². The number of hydrogen-bond donors (Lipinski definition) is 0. The molecular formula is C28H23F2NO3S. The van der Waals surface area contributed by atoms with E-state index in [9.17, 15) is 17.2 Å². The summed E-state index contributed by atoms with van der Waals surface area (Å²) in [6, 6.07) is 22.0. The number of carbonyl (C=O) groups excluding carboxylic acids is 1. The molecule has 7 heteroatoms. The Hall–Kier alpha value is -3.93. The standard InChI is InChI=1S/C26H20F2O2S.C2H3NO/c1-17-5-3-7-23(19-9-13-21(27)14-10-19)25(17)31(29,30)26-18(2)6-4-8-24(26)20-11-15-22(28)16-12-20;1-3-2-4/h3-16H,1-2H3;1H3. The molecule has 0 saturated carbocycles. The van der Waals surface area contributed by atoms with E-state index < -0.39 is 21.5 Å². The maximum atomic E-state index is 14.0. The predicted octanol–water partition coefficient (Wildman–Crippen LogP) is 6.70. The van der Waals surface area contributed by atoms with Gasteiger partial charge in [0.15, 0.2) is 0 Å². The van der Waals surface area contributed by atoms with Crippen LogP contribution >= 0.6 is 0 Å². The zero-order valence-corrected chi connectivity index (χ0v) is 20.2. The first-order chi connectivity index (χ1) is 16.7. The molecule has 0 aromatic heterocycles. The first-order valence-corrected chi connectivity index (χ1v) is 12.1. The third kappa shape index (κ3) is 5.60. The Morgan fingerprint density at radius 1 is 0.657 bits per heavy atom. The number of nitrogens with zero attached hydrogens (tertiary/aromatic N) is 1. The molecule has 35 heavy (non-hydrogen) atoms. The molecule has 0 spiro atoms. The topological polar surface area (TPSA) is 63.6 Å². The van der Waals surface area contributed by atoms with Crippen LogP contribution in [-0.4, -0.2) is 21.5 Å². The number of sulfone groups is 1. The van der Waals surface area contributed by atoms with E-state index >= 15 is 0 Å². The third-order valence-corrected chi connectivity index (χ3v) is 7.52. The minimum Gasteiger partial charge on any atom is -0.218 e. The van der Waals surface area contributed by atoms with E-state index in [1.807, 2.05) is 0 Å². The van der Waals surface area contributed by atoms with Gasteiger partial charge in [-0.1, -0.05) is 60.7 Å². The highest BCUT2D eigenvalue weighted by Gasteiger charge is 2.28. The van der Waals surface area contributed by atoms with Crippen molar-refractivity contribution in [2.24, 2.45) is 4.99 Å². The third-order valence-electron chi connectivity index (χ3n) is 5.36. The summed E-state index contributed by atoms with van der Waals surface area (Å²) in [5, 5.41) is 0. The van der Waals surface area contributed by atoms with Gasteiger partial charge >= 0.3 is 0 Å². The van der Waals surface area contributed by atoms with Crippen LogP contribution in [0, 0.1) is 25.5 Å². The fourth-order valence-electron chi connectivity index (χ4n) is 3.83. The Bertz CT molecular complexity index is 1390. The molecule has 0 atom stereocenters. The fourth-order valence-corrected chi connectivity index (χ4v) is 5.97. The molecule has 0 bridgehead atoms. The zero-order valence-electron chi connectivity index (χ0n) is 19.4. The van der Waals surface area contributed by atoms with Crippen molar-refractivity contribution in [3.63, 3.8) is 0 Å². The van der Waals surface area contributed by atoms with Gasteiger partial charge in [0, 0.05) is 18.2 Å². The summed E-state index contributed by atoms with van der Waals surface area (Å²) < 4.78 is 55.0.